The Morgan fingerprint density at radius 1 is 0.962 bits per heavy atom. The molecule has 0 aliphatic carbocycles. The van der Waals surface area contributed by atoms with E-state index >= 15 is 0 Å². The van der Waals surface area contributed by atoms with Crippen LogP contribution in [0.2, 0.25) is 0 Å². The van der Waals surface area contributed by atoms with Crippen molar-refractivity contribution in [3.8, 4) is 0 Å². The number of ether oxygens (including phenoxy) is 6. The number of imidazole rings is 1. The van der Waals surface area contributed by atoms with Crippen LogP contribution in [-0.4, -0.2) is 132 Å². The number of carbonyl (C=O) groups excluding carboxylic acids is 5. The van der Waals surface area contributed by atoms with Gasteiger partial charge in [0.05, 0.1) is 25.2 Å². The number of aldehydes is 1. The molecule has 27 heteroatoms. The molecule has 2 aromatic rings. The highest BCUT2D eigenvalue weighted by Gasteiger charge is 2.56. The lowest BCUT2D eigenvalue weighted by Crippen LogP contribution is -2.62. The van der Waals surface area contributed by atoms with E-state index in [1.54, 1.807) is 0 Å². The fourth-order valence-electron chi connectivity index (χ4n) is 5.33. The van der Waals surface area contributed by atoms with Crippen LogP contribution in [0.1, 0.15) is 33.9 Å². The van der Waals surface area contributed by atoms with Gasteiger partial charge in [-0.25, -0.2) is 19.1 Å². The van der Waals surface area contributed by atoms with Crippen molar-refractivity contribution in [3.05, 3.63) is 23.0 Å². The minimum Gasteiger partial charge on any atom is -0.462 e. The molecule has 2 aliphatic rings. The van der Waals surface area contributed by atoms with E-state index in [1.807, 2.05) is 0 Å². The van der Waals surface area contributed by atoms with Crippen LogP contribution in [0.5, 0.6) is 0 Å². The predicted octanol–water partition coefficient (Wildman–Crippen LogP) is -2.11. The van der Waals surface area contributed by atoms with Crippen LogP contribution in [0.25, 0.3) is 11.2 Å². The van der Waals surface area contributed by atoms with Crippen molar-refractivity contribution in [1.29, 1.82) is 0 Å². The molecule has 53 heavy (non-hydrogen) atoms. The van der Waals surface area contributed by atoms with Gasteiger partial charge in [0.2, 0.25) is 6.29 Å². The molecular weight excluding hydrogens is 766 g/mol. The first-order valence-corrected chi connectivity index (χ1v) is 18.1. The average molecular weight is 801 g/mol. The molecule has 12 atom stereocenters. The molecule has 0 bridgehead atoms. The number of H-pyrrole nitrogens is 1. The van der Waals surface area contributed by atoms with E-state index in [2.05, 4.69) is 19.3 Å². The Morgan fingerprint density at radius 2 is 1.62 bits per heavy atom. The summed E-state index contributed by atoms with van der Waals surface area (Å²) in [7, 11) is -11.6. The van der Waals surface area contributed by atoms with E-state index in [0.717, 1.165) is 44.9 Å². The van der Waals surface area contributed by atoms with E-state index in [1.165, 1.54) is 0 Å². The molecule has 2 aliphatic heterocycles. The second-order valence-electron chi connectivity index (χ2n) is 11.3. The van der Waals surface area contributed by atoms with Crippen LogP contribution < -0.4 is 5.56 Å². The highest BCUT2D eigenvalue weighted by atomic mass is 31.3. The van der Waals surface area contributed by atoms with Gasteiger partial charge in [-0.1, -0.05) is 0 Å². The maximum absolute atomic E-state index is 13.1. The van der Waals surface area contributed by atoms with E-state index in [-0.39, 0.29) is 17.5 Å². The van der Waals surface area contributed by atoms with Crippen molar-refractivity contribution in [1.82, 2.24) is 19.5 Å². The Labute approximate surface area is 296 Å². The number of nitrogens with zero attached hydrogens (tertiary/aromatic N) is 3. The summed E-state index contributed by atoms with van der Waals surface area (Å²) in [6.07, 6.45) is -14.2. The first-order valence-electron chi connectivity index (χ1n) is 15.1. The van der Waals surface area contributed by atoms with E-state index in [4.69, 9.17) is 37.5 Å². The molecule has 5 N–H and O–H groups in total. The van der Waals surface area contributed by atoms with E-state index in [9.17, 15) is 57.9 Å². The standard InChI is InChI=1S/C26H34N4O21P2/c1-10(32)43-6-16(45-11(2)33)22-20(46-12(3)34)14(5-31)21(47-13(4)35)26(49-22)50-53(41,42)51-52(39,40)44-7-15-18(36)19(37)25(48-15)30-9-29-17-23(30)27-8-28-24(17)38/h5,8-9,14-16,18-22,25-26,36-37H,6-7H2,1-4H3,(H,39,40)(H,41,42)(H,27,28,38)/t14?,15-,16-,18+,19+,20+,21?,22?,25-,26+/m1/s1. The number of aliphatic hydroxyl groups excluding tert-OH is 2. The van der Waals surface area contributed by atoms with Crippen LogP contribution in [-0.2, 0) is 74.9 Å². The molecule has 0 radical (unpaired) electrons. The SMILES string of the molecule is CC(=O)OC[C@@H](OC(C)=O)C1O[C@@H](OP(=O)(O)OP(=O)(O)OC[C@H]2O[C@@H](n3cnc4c(=O)[nH]cnc43)[C@@H](O)[C@H]2O)C(OC(C)=O)C(C=O)[C@@H]1OC(C)=O. The Kier molecular flexibility index (Phi) is 13.4. The lowest BCUT2D eigenvalue weighted by atomic mass is 9.87. The number of fused-ring (bicyclic) bond motifs is 1. The molecule has 4 rings (SSSR count). The normalized spacial score (nSPS) is 30.0. The fraction of sp³-hybridized carbons (Fsp3) is 0.615. The van der Waals surface area contributed by atoms with Crippen LogP contribution in [0.3, 0.4) is 0 Å². The summed E-state index contributed by atoms with van der Waals surface area (Å²) in [5.41, 5.74) is -0.815. The molecule has 0 amide bonds. The minimum atomic E-state index is -5.91. The lowest BCUT2D eigenvalue weighted by Gasteiger charge is -2.45. The van der Waals surface area contributed by atoms with Crippen LogP contribution in [0.15, 0.2) is 17.4 Å². The number of nitrogens with one attached hydrogen (secondary N) is 1. The Balaban J connectivity index is 1.53. The van der Waals surface area contributed by atoms with Gasteiger partial charge >= 0.3 is 39.5 Å². The number of aliphatic hydroxyl groups is 2. The third kappa shape index (κ3) is 10.4. The Bertz CT molecular complexity index is 1850. The van der Waals surface area contributed by atoms with Crippen LogP contribution in [0, 0.1) is 5.92 Å². The molecule has 4 heterocycles. The number of esters is 4. The number of phosphoric ester groups is 2. The molecule has 2 saturated heterocycles. The lowest BCUT2D eigenvalue weighted by molar-refractivity contribution is -0.283. The van der Waals surface area contributed by atoms with Crippen LogP contribution >= 0.6 is 15.6 Å². The molecule has 2 fully saturated rings. The summed E-state index contributed by atoms with van der Waals surface area (Å²) in [6, 6.07) is 0. The first kappa shape index (κ1) is 41.8. The number of carbonyl (C=O) groups is 5. The largest absolute Gasteiger partial charge is 0.483 e. The molecular formula is C26H34N4O21P2. The number of aromatic nitrogens is 4. The second kappa shape index (κ2) is 17.0. The first-order chi connectivity index (χ1) is 24.7. The molecule has 294 valence electrons. The maximum atomic E-state index is 13.1. The number of aromatic amines is 1. The minimum absolute atomic E-state index is 0.0538. The van der Waals surface area contributed by atoms with Crippen LogP contribution in [0.4, 0.5) is 0 Å². The topological polar surface area (TPSA) is 347 Å². The quantitative estimate of drug-likeness (QED) is 0.0557. The highest BCUT2D eigenvalue weighted by molar-refractivity contribution is 7.61. The van der Waals surface area contributed by atoms with Gasteiger partial charge in [0.15, 0.2) is 29.6 Å². The summed E-state index contributed by atoms with van der Waals surface area (Å²) in [5, 5.41) is 21.1. The smallest absolute Gasteiger partial charge is 0.462 e. The summed E-state index contributed by atoms with van der Waals surface area (Å²) in [5.74, 6) is -5.83. The molecule has 25 nitrogen and oxygen atoms in total. The Hall–Kier alpha value is -4.00. The van der Waals surface area contributed by atoms with Crippen molar-refractivity contribution in [2.24, 2.45) is 5.92 Å². The zero-order chi connectivity index (χ0) is 39.4. The average Bonchev–Trinajstić information content (AvgIpc) is 3.59. The van der Waals surface area contributed by atoms with E-state index in [0.29, 0.717) is 0 Å². The number of phosphoric acid groups is 2. The summed E-state index contributed by atoms with van der Waals surface area (Å²) in [6.45, 7) is 1.84. The van der Waals surface area contributed by atoms with Crippen molar-refractivity contribution in [3.63, 3.8) is 0 Å². The van der Waals surface area contributed by atoms with Gasteiger partial charge in [0.25, 0.3) is 5.56 Å². The van der Waals surface area contributed by atoms with Gasteiger partial charge in [-0.05, 0) is 0 Å². The van der Waals surface area contributed by atoms with E-state index < -0.39 is 119 Å². The van der Waals surface area contributed by atoms with Crippen molar-refractivity contribution < 1.29 is 94.9 Å². The highest BCUT2D eigenvalue weighted by Crippen LogP contribution is 2.62. The van der Waals surface area contributed by atoms with Gasteiger partial charge in [-0.2, -0.15) is 4.31 Å². The summed E-state index contributed by atoms with van der Waals surface area (Å²) >= 11 is 0. The summed E-state index contributed by atoms with van der Waals surface area (Å²) in [4.78, 5) is 103. The zero-order valence-electron chi connectivity index (χ0n) is 27.9. The number of hydrogen-bond acceptors (Lipinski definition) is 21. The molecule has 5 unspecified atom stereocenters. The van der Waals surface area contributed by atoms with Crippen molar-refractivity contribution in [2.75, 3.05) is 13.2 Å². The number of hydrogen-bond donors (Lipinski definition) is 5. The maximum Gasteiger partial charge on any atom is 0.483 e. The van der Waals surface area contributed by atoms with Gasteiger partial charge in [0.1, 0.15) is 43.4 Å². The van der Waals surface area contributed by atoms with Gasteiger partial charge < -0.3 is 58.2 Å². The van der Waals surface area contributed by atoms with Crippen molar-refractivity contribution >= 4 is 57.0 Å². The van der Waals surface area contributed by atoms with Gasteiger partial charge in [-0.3, -0.25) is 37.6 Å². The third-order valence-electron chi connectivity index (χ3n) is 7.36. The van der Waals surface area contributed by atoms with Crippen molar-refractivity contribution in [2.45, 2.75) is 82.9 Å². The third-order valence-corrected chi connectivity index (χ3v) is 9.96. The summed E-state index contributed by atoms with van der Waals surface area (Å²) < 4.78 is 72.4. The molecule has 0 spiro atoms. The van der Waals surface area contributed by atoms with Gasteiger partial charge in [0, 0.05) is 27.7 Å². The monoisotopic (exact) mass is 800 g/mol. The molecule has 0 saturated carbocycles. The fourth-order valence-corrected chi connectivity index (χ4v) is 7.48. The Morgan fingerprint density at radius 3 is 2.23 bits per heavy atom. The molecule has 0 aromatic carbocycles. The number of rotatable bonds is 15. The molecule has 2 aromatic heterocycles. The predicted molar refractivity (Wildman–Crippen MR) is 163 cm³/mol. The second-order valence-corrected chi connectivity index (χ2v) is 14.3. The van der Waals surface area contributed by atoms with Gasteiger partial charge in [-0.15, -0.1) is 0 Å². The zero-order valence-corrected chi connectivity index (χ0v) is 29.7.